The van der Waals surface area contributed by atoms with Crippen LogP contribution in [0.5, 0.6) is 5.75 Å². The van der Waals surface area contributed by atoms with Gasteiger partial charge in [0.2, 0.25) is 0 Å². The van der Waals surface area contributed by atoms with E-state index in [1.54, 1.807) is 0 Å². The molecule has 0 saturated carbocycles. The fourth-order valence-corrected chi connectivity index (χ4v) is 7.06. The van der Waals surface area contributed by atoms with Crippen LogP contribution in [0.2, 0.25) is 0 Å². The van der Waals surface area contributed by atoms with Crippen LogP contribution in [-0.4, -0.2) is 4.57 Å². The van der Waals surface area contributed by atoms with Crippen molar-refractivity contribution in [3.05, 3.63) is 151 Å². The molecule has 10 rings (SSSR count). The van der Waals surface area contributed by atoms with Crippen LogP contribution in [0, 0.1) is 0 Å². The Bertz CT molecular complexity index is 2590. The standard InChI is InChI=1S/C41H26N2O2/c1-2-8-29-24-35-33(23-28(29)7-1)31-9-3-5-11-34(31)43(35)30-19-17-26(18-20-30)25-13-15-27(16-14-25)41-42-40-38(45-41)22-21-37-39(40)32-10-4-6-12-36(32)44-37/h1-24,41-42H. The average molecular weight is 579 g/mol. The normalized spacial score (nSPS) is 14.4. The molecule has 7 aromatic carbocycles. The summed E-state index contributed by atoms with van der Waals surface area (Å²) in [5.74, 6) is 0.844. The highest BCUT2D eigenvalue weighted by atomic mass is 16.5. The van der Waals surface area contributed by atoms with E-state index >= 15 is 0 Å². The van der Waals surface area contributed by atoms with E-state index < -0.39 is 0 Å². The lowest BCUT2D eigenvalue weighted by Gasteiger charge is -2.13. The number of hydrogen-bond donors (Lipinski definition) is 1. The zero-order chi connectivity index (χ0) is 29.5. The van der Waals surface area contributed by atoms with Crippen LogP contribution < -0.4 is 10.1 Å². The quantitative estimate of drug-likeness (QED) is 0.227. The van der Waals surface area contributed by atoms with Gasteiger partial charge in [-0.1, -0.05) is 97.1 Å². The maximum atomic E-state index is 6.36. The fraction of sp³-hybridized carbons (Fsp3) is 0.0244. The van der Waals surface area contributed by atoms with E-state index in [9.17, 15) is 0 Å². The number of hydrogen-bond acceptors (Lipinski definition) is 3. The molecule has 1 unspecified atom stereocenters. The van der Waals surface area contributed by atoms with Gasteiger partial charge in [-0.15, -0.1) is 0 Å². The Hall–Kier alpha value is -6.00. The lowest BCUT2D eigenvalue weighted by molar-refractivity contribution is 0.260. The number of para-hydroxylation sites is 2. The third-order valence-corrected chi connectivity index (χ3v) is 9.24. The van der Waals surface area contributed by atoms with Crippen LogP contribution in [-0.2, 0) is 0 Å². The van der Waals surface area contributed by atoms with Crippen LogP contribution in [0.4, 0.5) is 5.69 Å². The molecule has 0 fully saturated rings. The van der Waals surface area contributed by atoms with Gasteiger partial charge in [-0.25, -0.2) is 0 Å². The second kappa shape index (κ2) is 9.25. The Morgan fingerprint density at radius 3 is 2.04 bits per heavy atom. The molecule has 0 amide bonds. The summed E-state index contributed by atoms with van der Waals surface area (Å²) in [7, 11) is 0. The maximum Gasteiger partial charge on any atom is 0.196 e. The molecule has 2 aromatic heterocycles. The predicted octanol–water partition coefficient (Wildman–Crippen LogP) is 11.0. The van der Waals surface area contributed by atoms with Crippen molar-refractivity contribution < 1.29 is 9.15 Å². The highest BCUT2D eigenvalue weighted by Gasteiger charge is 2.27. The van der Waals surface area contributed by atoms with Gasteiger partial charge in [-0.3, -0.25) is 0 Å². The van der Waals surface area contributed by atoms with Gasteiger partial charge in [0.1, 0.15) is 16.9 Å². The minimum Gasteiger partial charge on any atom is -0.464 e. The van der Waals surface area contributed by atoms with Gasteiger partial charge >= 0.3 is 0 Å². The first-order valence-electron chi connectivity index (χ1n) is 15.3. The third kappa shape index (κ3) is 3.66. The van der Waals surface area contributed by atoms with Gasteiger partial charge in [-0.2, -0.15) is 0 Å². The molecule has 0 spiro atoms. The van der Waals surface area contributed by atoms with E-state index in [2.05, 4.69) is 125 Å². The second-order valence-electron chi connectivity index (χ2n) is 11.8. The summed E-state index contributed by atoms with van der Waals surface area (Å²) in [5.41, 5.74) is 9.72. The van der Waals surface area contributed by atoms with Crippen molar-refractivity contribution in [2.75, 3.05) is 5.32 Å². The Morgan fingerprint density at radius 2 is 1.22 bits per heavy atom. The zero-order valence-corrected chi connectivity index (χ0v) is 24.2. The van der Waals surface area contributed by atoms with Crippen molar-refractivity contribution in [2.45, 2.75) is 6.23 Å². The molecule has 1 N–H and O–H groups in total. The van der Waals surface area contributed by atoms with Crippen LogP contribution >= 0.6 is 0 Å². The number of furan rings is 1. The lowest BCUT2D eigenvalue weighted by atomic mass is 10.0. The molecule has 45 heavy (non-hydrogen) atoms. The van der Waals surface area contributed by atoms with Crippen molar-refractivity contribution in [3.63, 3.8) is 0 Å². The monoisotopic (exact) mass is 578 g/mol. The van der Waals surface area contributed by atoms with Gasteiger partial charge < -0.3 is 19.0 Å². The number of ether oxygens (including phenoxy) is 1. The summed E-state index contributed by atoms with van der Waals surface area (Å²) in [6, 6.07) is 51.6. The third-order valence-electron chi connectivity index (χ3n) is 9.24. The number of anilines is 1. The molecule has 4 heteroatoms. The predicted molar refractivity (Wildman–Crippen MR) is 184 cm³/mol. The van der Waals surface area contributed by atoms with E-state index in [-0.39, 0.29) is 6.23 Å². The molecule has 9 aromatic rings. The molecule has 0 radical (unpaired) electrons. The van der Waals surface area contributed by atoms with Crippen molar-refractivity contribution in [2.24, 2.45) is 0 Å². The van der Waals surface area contributed by atoms with Gasteiger partial charge in [0.05, 0.1) is 22.1 Å². The highest BCUT2D eigenvalue weighted by Crippen LogP contribution is 2.46. The molecule has 1 aliphatic rings. The Kier molecular flexibility index (Phi) is 5.02. The summed E-state index contributed by atoms with van der Waals surface area (Å²) in [6.07, 6.45) is -0.262. The van der Waals surface area contributed by atoms with E-state index in [1.807, 2.05) is 30.3 Å². The number of fused-ring (bicyclic) bond motifs is 9. The van der Waals surface area contributed by atoms with Crippen LogP contribution in [0.15, 0.2) is 150 Å². The first-order valence-corrected chi connectivity index (χ1v) is 15.3. The summed E-state index contributed by atoms with van der Waals surface area (Å²) in [5, 5.41) is 10.8. The Balaban J connectivity index is 0.975. The van der Waals surface area contributed by atoms with Crippen molar-refractivity contribution >= 4 is 60.2 Å². The summed E-state index contributed by atoms with van der Waals surface area (Å²) in [6.45, 7) is 0. The van der Waals surface area contributed by atoms with E-state index in [0.717, 1.165) is 50.2 Å². The van der Waals surface area contributed by atoms with Crippen LogP contribution in [0.25, 0.3) is 71.3 Å². The van der Waals surface area contributed by atoms with Crippen molar-refractivity contribution in [3.8, 4) is 22.6 Å². The first-order chi connectivity index (χ1) is 22.3. The molecule has 1 aliphatic heterocycles. The molecule has 4 nitrogen and oxygen atoms in total. The van der Waals surface area contributed by atoms with Crippen LogP contribution in [0.1, 0.15) is 11.8 Å². The summed E-state index contributed by atoms with van der Waals surface area (Å²) < 4.78 is 14.8. The summed E-state index contributed by atoms with van der Waals surface area (Å²) in [4.78, 5) is 0. The Morgan fingerprint density at radius 1 is 0.533 bits per heavy atom. The van der Waals surface area contributed by atoms with Gasteiger partial charge in [-0.05, 0) is 70.4 Å². The molecular weight excluding hydrogens is 552 g/mol. The smallest absolute Gasteiger partial charge is 0.196 e. The molecule has 212 valence electrons. The molecule has 0 saturated heterocycles. The number of benzene rings is 7. The van der Waals surface area contributed by atoms with Crippen LogP contribution in [0.3, 0.4) is 0 Å². The topological polar surface area (TPSA) is 39.3 Å². The molecule has 0 aliphatic carbocycles. The first kappa shape index (κ1) is 24.4. The number of aromatic nitrogens is 1. The largest absolute Gasteiger partial charge is 0.464 e. The fourth-order valence-electron chi connectivity index (χ4n) is 7.06. The van der Waals surface area contributed by atoms with E-state index in [0.29, 0.717) is 0 Å². The van der Waals surface area contributed by atoms with Crippen molar-refractivity contribution in [1.29, 1.82) is 0 Å². The van der Waals surface area contributed by atoms with Crippen molar-refractivity contribution in [1.82, 2.24) is 4.57 Å². The minimum atomic E-state index is -0.262. The molecule has 1 atom stereocenters. The molecule has 0 bridgehead atoms. The zero-order valence-electron chi connectivity index (χ0n) is 24.2. The molecular formula is C41H26N2O2. The minimum absolute atomic E-state index is 0.262. The SMILES string of the molecule is c1ccc2cc3c(cc2c1)c1ccccc1n3-c1ccc(-c2ccc(C3Nc4c(ccc5oc6ccccc6c45)O3)cc2)cc1. The molecule has 3 heterocycles. The Labute approximate surface area is 258 Å². The van der Waals surface area contributed by atoms with E-state index in [4.69, 9.17) is 9.15 Å². The second-order valence-corrected chi connectivity index (χ2v) is 11.8. The lowest BCUT2D eigenvalue weighted by Crippen LogP contribution is -2.09. The highest BCUT2D eigenvalue weighted by molar-refractivity contribution is 6.14. The van der Waals surface area contributed by atoms with Gasteiger partial charge in [0.25, 0.3) is 0 Å². The number of nitrogens with one attached hydrogen (secondary N) is 1. The maximum absolute atomic E-state index is 6.36. The summed E-state index contributed by atoms with van der Waals surface area (Å²) >= 11 is 0. The van der Waals surface area contributed by atoms with Gasteiger partial charge in [0.15, 0.2) is 6.23 Å². The number of nitrogens with zero attached hydrogens (tertiary/aromatic N) is 1. The number of rotatable bonds is 3. The van der Waals surface area contributed by atoms with Gasteiger partial charge in [0, 0.05) is 27.4 Å². The van der Waals surface area contributed by atoms with E-state index in [1.165, 1.54) is 38.1 Å². The average Bonchev–Trinajstić information content (AvgIpc) is 3.79.